The summed E-state index contributed by atoms with van der Waals surface area (Å²) < 4.78 is 7.49. The molecule has 3 rings (SSSR count). The fourth-order valence-corrected chi connectivity index (χ4v) is 2.44. The van der Waals surface area contributed by atoms with Gasteiger partial charge in [-0.1, -0.05) is 29.8 Å². The molecule has 0 saturated heterocycles. The second kappa shape index (κ2) is 8.92. The zero-order chi connectivity index (χ0) is 18.2. The lowest BCUT2D eigenvalue weighted by molar-refractivity contribution is 0.251. The molecule has 1 heterocycles. The summed E-state index contributed by atoms with van der Waals surface area (Å²) in [6.07, 6.45) is 3.61. The lowest BCUT2D eigenvalue weighted by Gasteiger charge is -2.10. The molecule has 134 valence electrons. The van der Waals surface area contributed by atoms with E-state index < -0.39 is 0 Å². The smallest absolute Gasteiger partial charge is 0.319 e. The van der Waals surface area contributed by atoms with Gasteiger partial charge in [0.25, 0.3) is 0 Å². The normalized spacial score (nSPS) is 10.3. The molecule has 0 atom stereocenters. The maximum atomic E-state index is 12.0. The predicted octanol–water partition coefficient (Wildman–Crippen LogP) is 3.94. The van der Waals surface area contributed by atoms with Crippen molar-refractivity contribution >= 4 is 23.3 Å². The second-order valence-corrected chi connectivity index (χ2v) is 6.02. The number of carbonyl (C=O) groups is 1. The van der Waals surface area contributed by atoms with Crippen LogP contribution in [0.3, 0.4) is 0 Å². The van der Waals surface area contributed by atoms with Crippen LogP contribution in [0.4, 0.5) is 10.5 Å². The number of ether oxygens (including phenoxy) is 1. The maximum absolute atomic E-state index is 12.0. The Labute approximate surface area is 156 Å². The van der Waals surface area contributed by atoms with Crippen molar-refractivity contribution in [1.82, 2.24) is 15.1 Å². The van der Waals surface area contributed by atoms with Gasteiger partial charge >= 0.3 is 6.03 Å². The van der Waals surface area contributed by atoms with Gasteiger partial charge in [-0.15, -0.1) is 0 Å². The van der Waals surface area contributed by atoms with Gasteiger partial charge in [0, 0.05) is 35.7 Å². The Morgan fingerprint density at radius 2 is 2.00 bits per heavy atom. The van der Waals surface area contributed by atoms with E-state index in [1.807, 2.05) is 42.6 Å². The fraction of sp³-hybridized carbons (Fsp3) is 0.158. The van der Waals surface area contributed by atoms with Gasteiger partial charge in [-0.25, -0.2) is 4.79 Å². The zero-order valence-electron chi connectivity index (χ0n) is 14.1. The molecule has 2 amide bonds. The van der Waals surface area contributed by atoms with Gasteiger partial charge < -0.3 is 15.4 Å². The molecule has 0 spiro atoms. The number of carbonyl (C=O) groups excluding carboxylic acids is 1. The highest BCUT2D eigenvalue weighted by Crippen LogP contribution is 2.17. The molecule has 0 bridgehead atoms. The molecule has 3 aromatic rings. The number of hydrogen-bond donors (Lipinski definition) is 2. The quantitative estimate of drug-likeness (QED) is 0.662. The number of aromatic nitrogens is 2. The van der Waals surface area contributed by atoms with Crippen LogP contribution in [-0.4, -0.2) is 22.4 Å². The number of urea groups is 1. The van der Waals surface area contributed by atoms with E-state index in [0.29, 0.717) is 36.2 Å². The van der Waals surface area contributed by atoms with Crippen molar-refractivity contribution < 1.29 is 9.53 Å². The highest BCUT2D eigenvalue weighted by molar-refractivity contribution is 6.30. The van der Waals surface area contributed by atoms with Crippen LogP contribution in [0.5, 0.6) is 5.75 Å². The van der Waals surface area contributed by atoms with Gasteiger partial charge in [0.05, 0.1) is 6.54 Å². The molecule has 0 aliphatic heterocycles. The maximum Gasteiger partial charge on any atom is 0.319 e. The first kappa shape index (κ1) is 17.8. The van der Waals surface area contributed by atoms with Crippen molar-refractivity contribution in [2.24, 2.45) is 0 Å². The average Bonchev–Trinajstić information content (AvgIpc) is 3.15. The summed E-state index contributed by atoms with van der Waals surface area (Å²) in [6, 6.07) is 16.2. The number of benzene rings is 2. The molecule has 0 fully saturated rings. The van der Waals surface area contributed by atoms with Crippen LogP contribution in [0, 0.1) is 0 Å². The van der Waals surface area contributed by atoms with Crippen molar-refractivity contribution in [3.8, 4) is 5.75 Å². The summed E-state index contributed by atoms with van der Waals surface area (Å²) in [7, 11) is 0. The Hall–Kier alpha value is -2.99. The van der Waals surface area contributed by atoms with Crippen LogP contribution in [0.2, 0.25) is 5.02 Å². The van der Waals surface area contributed by atoms with Crippen molar-refractivity contribution in [2.75, 3.05) is 11.9 Å². The number of anilines is 1. The molecule has 2 aromatic carbocycles. The largest absolute Gasteiger partial charge is 0.492 e. The topological polar surface area (TPSA) is 68.2 Å². The van der Waals surface area contributed by atoms with Crippen LogP contribution in [0.25, 0.3) is 0 Å². The molecule has 0 radical (unpaired) electrons. The molecule has 0 aliphatic rings. The summed E-state index contributed by atoms with van der Waals surface area (Å²) in [4.78, 5) is 12.0. The Kier molecular flexibility index (Phi) is 6.11. The van der Waals surface area contributed by atoms with Crippen molar-refractivity contribution in [3.63, 3.8) is 0 Å². The minimum absolute atomic E-state index is 0.284. The highest BCUT2D eigenvalue weighted by atomic mass is 35.5. The molecule has 6 nitrogen and oxygen atoms in total. The Balaban J connectivity index is 1.46. The Bertz CT molecular complexity index is 835. The van der Waals surface area contributed by atoms with Crippen LogP contribution in [0.15, 0.2) is 67.0 Å². The average molecular weight is 371 g/mol. The summed E-state index contributed by atoms with van der Waals surface area (Å²) >= 11 is 5.85. The van der Waals surface area contributed by atoms with Gasteiger partial charge in [0.15, 0.2) is 0 Å². The third-order valence-electron chi connectivity index (χ3n) is 3.61. The molecule has 0 aliphatic carbocycles. The van der Waals surface area contributed by atoms with Crippen LogP contribution < -0.4 is 15.4 Å². The van der Waals surface area contributed by atoms with Crippen LogP contribution in [0.1, 0.15) is 5.56 Å². The Morgan fingerprint density at radius 1 is 1.15 bits per heavy atom. The molecular formula is C19H19ClN4O2. The van der Waals surface area contributed by atoms with Crippen molar-refractivity contribution in [3.05, 3.63) is 77.6 Å². The molecule has 0 saturated carbocycles. The van der Waals surface area contributed by atoms with E-state index in [4.69, 9.17) is 16.3 Å². The monoisotopic (exact) mass is 370 g/mol. The van der Waals surface area contributed by atoms with E-state index in [1.54, 1.807) is 29.1 Å². The van der Waals surface area contributed by atoms with E-state index in [2.05, 4.69) is 15.7 Å². The number of nitrogens with zero attached hydrogens (tertiary/aromatic N) is 2. The lowest BCUT2D eigenvalue weighted by Crippen LogP contribution is -2.28. The van der Waals surface area contributed by atoms with E-state index in [0.717, 1.165) is 5.56 Å². The lowest BCUT2D eigenvalue weighted by atomic mass is 10.2. The molecule has 26 heavy (non-hydrogen) atoms. The number of rotatable bonds is 7. The molecule has 7 heteroatoms. The summed E-state index contributed by atoms with van der Waals surface area (Å²) in [5.74, 6) is 0.688. The van der Waals surface area contributed by atoms with E-state index in [-0.39, 0.29) is 6.03 Å². The number of halogens is 1. The fourth-order valence-electron chi connectivity index (χ4n) is 2.31. The van der Waals surface area contributed by atoms with Gasteiger partial charge in [-0.05, 0) is 35.9 Å². The molecule has 0 unspecified atom stereocenters. The summed E-state index contributed by atoms with van der Waals surface area (Å²) in [6.45, 7) is 1.57. The summed E-state index contributed by atoms with van der Waals surface area (Å²) in [5, 5.41) is 10.4. The standard InChI is InChI=1S/C19H19ClN4O2/c20-16-7-5-15(6-8-16)14-21-19(25)23-17-3-1-4-18(13-17)26-12-11-24-10-2-9-22-24/h1-10,13H,11-12,14H2,(H2,21,23,25). The summed E-state index contributed by atoms with van der Waals surface area (Å²) in [5.41, 5.74) is 1.63. The number of nitrogens with one attached hydrogen (secondary N) is 2. The molecule has 2 N–H and O–H groups in total. The second-order valence-electron chi connectivity index (χ2n) is 5.58. The highest BCUT2D eigenvalue weighted by Gasteiger charge is 2.03. The van der Waals surface area contributed by atoms with Gasteiger partial charge in [0.2, 0.25) is 0 Å². The SMILES string of the molecule is O=C(NCc1ccc(Cl)cc1)Nc1cccc(OCCn2cccn2)c1. The van der Waals surface area contributed by atoms with E-state index >= 15 is 0 Å². The minimum atomic E-state index is -0.284. The van der Waals surface area contributed by atoms with Gasteiger partial charge in [-0.2, -0.15) is 5.10 Å². The first-order chi connectivity index (χ1) is 12.7. The first-order valence-electron chi connectivity index (χ1n) is 8.19. The van der Waals surface area contributed by atoms with Crippen molar-refractivity contribution in [2.45, 2.75) is 13.1 Å². The van der Waals surface area contributed by atoms with Crippen molar-refractivity contribution in [1.29, 1.82) is 0 Å². The third kappa shape index (κ3) is 5.53. The molecule has 1 aromatic heterocycles. The van der Waals surface area contributed by atoms with Crippen LogP contribution >= 0.6 is 11.6 Å². The molecular weight excluding hydrogens is 352 g/mol. The van der Waals surface area contributed by atoms with Gasteiger partial charge in [-0.3, -0.25) is 4.68 Å². The van der Waals surface area contributed by atoms with E-state index in [9.17, 15) is 4.79 Å². The zero-order valence-corrected chi connectivity index (χ0v) is 14.8. The minimum Gasteiger partial charge on any atom is -0.492 e. The first-order valence-corrected chi connectivity index (χ1v) is 8.56. The predicted molar refractivity (Wildman–Crippen MR) is 101 cm³/mol. The number of amides is 2. The Morgan fingerprint density at radius 3 is 2.77 bits per heavy atom. The van der Waals surface area contributed by atoms with Gasteiger partial charge in [0.1, 0.15) is 12.4 Å². The van der Waals surface area contributed by atoms with E-state index in [1.165, 1.54) is 0 Å². The third-order valence-corrected chi connectivity index (χ3v) is 3.86. The number of hydrogen-bond acceptors (Lipinski definition) is 3. The van der Waals surface area contributed by atoms with Crippen LogP contribution in [-0.2, 0) is 13.1 Å².